The monoisotopic (exact) mass is 367 g/mol. The molecule has 146 valence electrons. The second-order valence-corrected chi connectivity index (χ2v) is 6.10. The molecule has 0 spiro atoms. The van der Waals surface area contributed by atoms with E-state index in [1.807, 2.05) is 0 Å². The maximum Gasteiger partial charge on any atom is 0.302 e. The third-order valence-electron chi connectivity index (χ3n) is 4.01. The SMILES string of the molecule is C/C=C\C(=O)NCCN1CCCC1=O.CC(=O)OCCN1CCCC1=O. The van der Waals surface area contributed by atoms with Crippen molar-refractivity contribution >= 4 is 23.7 Å². The zero-order valence-corrected chi connectivity index (χ0v) is 15.7. The van der Waals surface area contributed by atoms with Crippen molar-refractivity contribution < 1.29 is 23.9 Å². The molecule has 1 N–H and O–H groups in total. The van der Waals surface area contributed by atoms with Gasteiger partial charge in [-0.15, -0.1) is 0 Å². The van der Waals surface area contributed by atoms with E-state index in [9.17, 15) is 19.2 Å². The van der Waals surface area contributed by atoms with Crippen LogP contribution in [0.15, 0.2) is 12.2 Å². The van der Waals surface area contributed by atoms with Gasteiger partial charge in [-0.25, -0.2) is 0 Å². The number of carbonyl (C=O) groups is 4. The maximum absolute atomic E-state index is 11.2. The van der Waals surface area contributed by atoms with E-state index in [2.05, 4.69) is 5.32 Å². The first-order valence-electron chi connectivity index (χ1n) is 9.03. The molecule has 0 aromatic heterocycles. The summed E-state index contributed by atoms with van der Waals surface area (Å²) < 4.78 is 4.72. The second-order valence-electron chi connectivity index (χ2n) is 6.10. The van der Waals surface area contributed by atoms with Crippen molar-refractivity contribution in [1.82, 2.24) is 15.1 Å². The van der Waals surface area contributed by atoms with Crippen LogP contribution < -0.4 is 5.32 Å². The van der Waals surface area contributed by atoms with Gasteiger partial charge in [0.15, 0.2) is 0 Å². The van der Waals surface area contributed by atoms with Crippen LogP contribution in [-0.4, -0.2) is 72.8 Å². The number of allylic oxidation sites excluding steroid dienone is 1. The van der Waals surface area contributed by atoms with E-state index < -0.39 is 0 Å². The number of likely N-dealkylation sites (tertiary alicyclic amines) is 2. The minimum atomic E-state index is -0.290. The van der Waals surface area contributed by atoms with Crippen molar-refractivity contribution in [3.05, 3.63) is 12.2 Å². The van der Waals surface area contributed by atoms with Gasteiger partial charge in [-0.05, 0) is 25.8 Å². The molecule has 26 heavy (non-hydrogen) atoms. The van der Waals surface area contributed by atoms with Crippen LogP contribution in [0.5, 0.6) is 0 Å². The average Bonchev–Trinajstić information content (AvgIpc) is 3.17. The molecule has 2 aliphatic heterocycles. The number of nitrogens with zero attached hydrogens (tertiary/aromatic N) is 2. The van der Waals surface area contributed by atoms with Gasteiger partial charge in [-0.3, -0.25) is 19.2 Å². The molecule has 0 atom stereocenters. The van der Waals surface area contributed by atoms with Gasteiger partial charge in [-0.2, -0.15) is 0 Å². The van der Waals surface area contributed by atoms with Crippen LogP contribution in [0.4, 0.5) is 0 Å². The Bertz CT molecular complexity index is 533. The van der Waals surface area contributed by atoms with Gasteiger partial charge in [0.1, 0.15) is 6.61 Å². The Balaban J connectivity index is 0.000000263. The van der Waals surface area contributed by atoms with E-state index in [1.54, 1.807) is 22.8 Å². The second kappa shape index (κ2) is 12.1. The molecule has 0 unspecified atom stereocenters. The molecular formula is C18H29N3O5. The molecule has 0 aromatic rings. The van der Waals surface area contributed by atoms with Crippen LogP contribution in [0.25, 0.3) is 0 Å². The summed E-state index contributed by atoms with van der Waals surface area (Å²) in [6, 6.07) is 0. The molecule has 8 nitrogen and oxygen atoms in total. The third kappa shape index (κ3) is 8.64. The lowest BCUT2D eigenvalue weighted by Gasteiger charge is -2.14. The smallest absolute Gasteiger partial charge is 0.302 e. The molecule has 2 rings (SSSR count). The average molecular weight is 367 g/mol. The van der Waals surface area contributed by atoms with Gasteiger partial charge in [-0.1, -0.05) is 6.08 Å². The van der Waals surface area contributed by atoms with Crippen LogP contribution in [-0.2, 0) is 23.9 Å². The molecule has 8 heteroatoms. The van der Waals surface area contributed by atoms with Gasteiger partial charge in [0.25, 0.3) is 0 Å². The number of hydrogen-bond donors (Lipinski definition) is 1. The van der Waals surface area contributed by atoms with E-state index in [1.165, 1.54) is 13.0 Å². The van der Waals surface area contributed by atoms with Crippen LogP contribution in [0.2, 0.25) is 0 Å². The molecule has 0 bridgehead atoms. The summed E-state index contributed by atoms with van der Waals surface area (Å²) in [4.78, 5) is 47.1. The molecule has 0 saturated carbocycles. The summed E-state index contributed by atoms with van der Waals surface area (Å²) in [5, 5.41) is 2.71. The third-order valence-corrected chi connectivity index (χ3v) is 4.01. The van der Waals surface area contributed by atoms with E-state index in [0.29, 0.717) is 39.1 Å². The summed E-state index contributed by atoms with van der Waals surface area (Å²) in [5.74, 6) is -0.0202. The van der Waals surface area contributed by atoms with Crippen molar-refractivity contribution in [3.8, 4) is 0 Å². The van der Waals surface area contributed by atoms with Gasteiger partial charge in [0.05, 0.1) is 6.54 Å². The summed E-state index contributed by atoms with van der Waals surface area (Å²) in [5.41, 5.74) is 0. The van der Waals surface area contributed by atoms with Crippen molar-refractivity contribution in [2.45, 2.75) is 39.5 Å². The number of nitrogens with one attached hydrogen (secondary N) is 1. The first-order chi connectivity index (χ1) is 12.4. The highest BCUT2D eigenvalue weighted by molar-refractivity contribution is 5.87. The van der Waals surface area contributed by atoms with Gasteiger partial charge in [0.2, 0.25) is 17.7 Å². The fourth-order valence-electron chi connectivity index (χ4n) is 2.70. The Labute approximate surface area is 154 Å². The Kier molecular flexibility index (Phi) is 10.0. The normalized spacial score (nSPS) is 16.7. The molecular weight excluding hydrogens is 338 g/mol. The van der Waals surface area contributed by atoms with Gasteiger partial charge in [0, 0.05) is 45.9 Å². The number of esters is 1. The fraction of sp³-hybridized carbons (Fsp3) is 0.667. The molecule has 2 heterocycles. The van der Waals surface area contributed by atoms with E-state index in [-0.39, 0.29) is 23.7 Å². The van der Waals surface area contributed by atoms with Crippen LogP contribution in [0.3, 0.4) is 0 Å². The molecule has 2 fully saturated rings. The van der Waals surface area contributed by atoms with Crippen LogP contribution >= 0.6 is 0 Å². The summed E-state index contributed by atoms with van der Waals surface area (Å²) in [7, 11) is 0. The highest BCUT2D eigenvalue weighted by atomic mass is 16.5. The van der Waals surface area contributed by atoms with E-state index >= 15 is 0 Å². The lowest BCUT2D eigenvalue weighted by Crippen LogP contribution is -2.34. The lowest BCUT2D eigenvalue weighted by atomic mass is 10.4. The molecule has 0 aliphatic carbocycles. The number of amides is 3. The zero-order valence-electron chi connectivity index (χ0n) is 15.7. The van der Waals surface area contributed by atoms with Crippen molar-refractivity contribution in [3.63, 3.8) is 0 Å². The maximum atomic E-state index is 11.2. The number of carbonyl (C=O) groups excluding carboxylic acids is 4. The number of hydrogen-bond acceptors (Lipinski definition) is 5. The summed E-state index contributed by atoms with van der Waals surface area (Å²) in [6.45, 7) is 6.82. The van der Waals surface area contributed by atoms with Crippen LogP contribution in [0, 0.1) is 0 Å². The highest BCUT2D eigenvalue weighted by Gasteiger charge is 2.20. The summed E-state index contributed by atoms with van der Waals surface area (Å²) >= 11 is 0. The first kappa shape index (κ1) is 21.7. The number of ether oxygens (including phenoxy) is 1. The van der Waals surface area contributed by atoms with E-state index in [4.69, 9.17) is 4.74 Å². The lowest BCUT2D eigenvalue weighted by molar-refractivity contribution is -0.142. The fourth-order valence-corrected chi connectivity index (χ4v) is 2.70. The van der Waals surface area contributed by atoms with Crippen molar-refractivity contribution in [2.24, 2.45) is 0 Å². The predicted molar refractivity (Wildman–Crippen MR) is 96.1 cm³/mol. The largest absolute Gasteiger partial charge is 0.464 e. The molecule has 2 saturated heterocycles. The Morgan fingerprint density at radius 3 is 2.12 bits per heavy atom. The minimum absolute atomic E-state index is 0.0980. The minimum Gasteiger partial charge on any atom is -0.464 e. The zero-order chi connectivity index (χ0) is 19.4. The molecule has 0 aromatic carbocycles. The van der Waals surface area contributed by atoms with Crippen molar-refractivity contribution in [2.75, 3.05) is 39.3 Å². The number of rotatable bonds is 7. The van der Waals surface area contributed by atoms with E-state index in [0.717, 1.165) is 25.9 Å². The quantitative estimate of drug-likeness (QED) is 0.521. The Morgan fingerprint density at radius 1 is 1.08 bits per heavy atom. The topological polar surface area (TPSA) is 96.0 Å². The molecule has 2 aliphatic rings. The molecule has 0 radical (unpaired) electrons. The Hall–Kier alpha value is -2.38. The van der Waals surface area contributed by atoms with Crippen LogP contribution in [0.1, 0.15) is 39.5 Å². The van der Waals surface area contributed by atoms with Gasteiger partial charge >= 0.3 is 5.97 Å². The van der Waals surface area contributed by atoms with Crippen molar-refractivity contribution in [1.29, 1.82) is 0 Å². The standard InChI is InChI=1S/C10H16N2O2.C8H13NO3/c1-2-4-9(13)11-6-8-12-7-3-5-10(12)14;1-7(10)12-6-5-9-4-2-3-8(9)11/h2,4H,3,5-8H2,1H3,(H,11,13);2-6H2,1H3/b4-2-;. The van der Waals surface area contributed by atoms with Gasteiger partial charge < -0.3 is 19.9 Å². The summed E-state index contributed by atoms with van der Waals surface area (Å²) in [6.07, 6.45) is 6.34. The molecule has 3 amide bonds. The Morgan fingerprint density at radius 2 is 1.65 bits per heavy atom. The highest BCUT2D eigenvalue weighted by Crippen LogP contribution is 2.08. The first-order valence-corrected chi connectivity index (χ1v) is 9.03. The predicted octanol–water partition coefficient (Wildman–Crippen LogP) is 0.473.